The summed E-state index contributed by atoms with van der Waals surface area (Å²) < 4.78 is 36.5. The largest absolute Gasteiger partial charge is 0.452 e. The van der Waals surface area contributed by atoms with Crippen LogP contribution in [-0.4, -0.2) is 22.2 Å². The molecule has 2 bridgehead atoms. The molecular formula is C26H24BrF2N3O2. The Morgan fingerprint density at radius 2 is 2.06 bits per heavy atom. The minimum atomic E-state index is -0.771. The lowest BCUT2D eigenvalue weighted by atomic mass is 9.45. The summed E-state index contributed by atoms with van der Waals surface area (Å²) in [6, 6.07) is 8.74. The second-order valence-corrected chi connectivity index (χ2v) is 11.1. The van der Waals surface area contributed by atoms with Gasteiger partial charge >= 0.3 is 0 Å². The SMILES string of the molecule is CC1(C)C2CCC(CNC(=O)c3nn(-c4ccc(F)cc4F)c4c3oc3cc(Br)ccc34)C1C2. The fourth-order valence-electron chi connectivity index (χ4n) is 6.11. The van der Waals surface area contributed by atoms with E-state index in [0.29, 0.717) is 40.3 Å². The molecule has 4 aromatic rings. The lowest BCUT2D eigenvalue weighted by Gasteiger charge is -2.60. The number of nitrogens with one attached hydrogen (secondary N) is 1. The maximum atomic E-state index is 14.7. The van der Waals surface area contributed by atoms with Crippen molar-refractivity contribution in [1.29, 1.82) is 0 Å². The number of nitrogens with zero attached hydrogens (tertiary/aromatic N) is 2. The van der Waals surface area contributed by atoms with Gasteiger partial charge in [0, 0.05) is 22.5 Å². The molecule has 1 N–H and O–H groups in total. The highest BCUT2D eigenvalue weighted by Gasteiger charge is 2.54. The predicted octanol–water partition coefficient (Wildman–Crippen LogP) is 6.61. The molecule has 3 aliphatic carbocycles. The monoisotopic (exact) mass is 527 g/mol. The molecule has 0 radical (unpaired) electrons. The van der Waals surface area contributed by atoms with Crippen molar-refractivity contribution in [3.05, 3.63) is 58.2 Å². The number of aromatic nitrogens is 2. The van der Waals surface area contributed by atoms with Crippen molar-refractivity contribution in [3.8, 4) is 5.69 Å². The third-order valence-corrected chi connectivity index (χ3v) is 8.63. The van der Waals surface area contributed by atoms with E-state index in [1.165, 1.54) is 29.7 Å². The molecule has 2 aromatic heterocycles. The molecule has 34 heavy (non-hydrogen) atoms. The number of rotatable bonds is 4. The molecule has 2 heterocycles. The van der Waals surface area contributed by atoms with Crippen LogP contribution in [0.15, 0.2) is 45.3 Å². The molecule has 0 saturated heterocycles. The lowest BCUT2D eigenvalue weighted by Crippen LogP contribution is -2.54. The number of hydrogen-bond donors (Lipinski definition) is 1. The average Bonchev–Trinajstić information content (AvgIpc) is 3.34. The van der Waals surface area contributed by atoms with E-state index in [0.717, 1.165) is 22.9 Å². The number of furan rings is 1. The average molecular weight is 528 g/mol. The molecule has 0 aliphatic heterocycles. The van der Waals surface area contributed by atoms with Crippen LogP contribution in [0.3, 0.4) is 0 Å². The second-order valence-electron chi connectivity index (χ2n) is 10.2. The van der Waals surface area contributed by atoms with Gasteiger partial charge in [-0.05, 0) is 72.8 Å². The van der Waals surface area contributed by atoms with Crippen LogP contribution in [0.25, 0.3) is 27.8 Å². The molecule has 1 amide bonds. The first-order chi connectivity index (χ1) is 16.2. The van der Waals surface area contributed by atoms with Gasteiger partial charge < -0.3 is 9.73 Å². The number of fused-ring (bicyclic) bond motifs is 5. The van der Waals surface area contributed by atoms with Gasteiger partial charge in [0.25, 0.3) is 5.91 Å². The Morgan fingerprint density at radius 3 is 2.79 bits per heavy atom. The fraction of sp³-hybridized carbons (Fsp3) is 0.385. The zero-order valence-electron chi connectivity index (χ0n) is 18.9. The van der Waals surface area contributed by atoms with E-state index in [1.807, 2.05) is 12.1 Å². The Balaban J connectivity index is 1.39. The van der Waals surface area contributed by atoms with Gasteiger partial charge in [0.05, 0.1) is 0 Å². The van der Waals surface area contributed by atoms with E-state index in [4.69, 9.17) is 4.42 Å². The molecule has 3 saturated carbocycles. The highest BCUT2D eigenvalue weighted by molar-refractivity contribution is 9.10. The highest BCUT2D eigenvalue weighted by atomic mass is 79.9. The Bertz CT molecular complexity index is 1460. The van der Waals surface area contributed by atoms with Gasteiger partial charge in [0.2, 0.25) is 0 Å². The van der Waals surface area contributed by atoms with Crippen LogP contribution in [-0.2, 0) is 0 Å². The molecule has 3 unspecified atom stereocenters. The van der Waals surface area contributed by atoms with Gasteiger partial charge in [-0.1, -0.05) is 29.8 Å². The Kier molecular flexibility index (Phi) is 4.89. The van der Waals surface area contributed by atoms with Crippen molar-refractivity contribution in [2.75, 3.05) is 6.54 Å². The van der Waals surface area contributed by atoms with Crippen LogP contribution in [0.1, 0.15) is 43.6 Å². The summed E-state index contributed by atoms with van der Waals surface area (Å²) in [5, 5.41) is 8.18. The zero-order chi connectivity index (χ0) is 23.8. The normalized spacial score (nSPS) is 23.3. The molecule has 3 fully saturated rings. The number of halogens is 3. The Hall–Kier alpha value is -2.74. The highest BCUT2D eigenvalue weighted by Crippen LogP contribution is 2.61. The van der Waals surface area contributed by atoms with Crippen molar-refractivity contribution < 1.29 is 18.0 Å². The van der Waals surface area contributed by atoms with E-state index in [2.05, 4.69) is 40.2 Å². The maximum Gasteiger partial charge on any atom is 0.275 e. The van der Waals surface area contributed by atoms with E-state index >= 15 is 0 Å². The topological polar surface area (TPSA) is 60.1 Å². The Morgan fingerprint density at radius 1 is 1.24 bits per heavy atom. The van der Waals surface area contributed by atoms with Gasteiger partial charge in [0.1, 0.15) is 22.6 Å². The zero-order valence-corrected chi connectivity index (χ0v) is 20.5. The molecule has 3 atom stereocenters. The first-order valence-corrected chi connectivity index (χ1v) is 12.4. The Labute approximate surface area is 203 Å². The van der Waals surface area contributed by atoms with Crippen molar-refractivity contribution in [3.63, 3.8) is 0 Å². The molecular weight excluding hydrogens is 504 g/mol. The van der Waals surface area contributed by atoms with Crippen LogP contribution < -0.4 is 5.32 Å². The first kappa shape index (κ1) is 21.8. The minimum Gasteiger partial charge on any atom is -0.452 e. The molecule has 176 valence electrons. The number of amides is 1. The number of carbonyl (C=O) groups is 1. The molecule has 5 nitrogen and oxygen atoms in total. The molecule has 3 aliphatic rings. The summed E-state index contributed by atoms with van der Waals surface area (Å²) in [6.45, 7) is 5.23. The smallest absolute Gasteiger partial charge is 0.275 e. The lowest BCUT2D eigenvalue weighted by molar-refractivity contribution is -0.103. The second kappa shape index (κ2) is 7.63. The van der Waals surface area contributed by atoms with E-state index in [9.17, 15) is 13.6 Å². The van der Waals surface area contributed by atoms with Crippen LogP contribution in [0.4, 0.5) is 8.78 Å². The van der Waals surface area contributed by atoms with Crippen molar-refractivity contribution in [2.24, 2.45) is 23.2 Å². The first-order valence-electron chi connectivity index (χ1n) is 11.6. The number of hydrogen-bond acceptors (Lipinski definition) is 3. The minimum absolute atomic E-state index is 0.0469. The summed E-state index contributed by atoms with van der Waals surface area (Å²) in [5.74, 6) is 0.0246. The quantitative estimate of drug-likeness (QED) is 0.324. The predicted molar refractivity (Wildman–Crippen MR) is 129 cm³/mol. The van der Waals surface area contributed by atoms with Gasteiger partial charge in [0.15, 0.2) is 17.1 Å². The van der Waals surface area contributed by atoms with Gasteiger partial charge in [-0.2, -0.15) is 5.10 Å². The van der Waals surface area contributed by atoms with Gasteiger partial charge in [-0.3, -0.25) is 4.79 Å². The number of carbonyl (C=O) groups excluding carboxylic acids is 1. The van der Waals surface area contributed by atoms with E-state index in [-0.39, 0.29) is 22.9 Å². The van der Waals surface area contributed by atoms with Crippen LogP contribution >= 0.6 is 15.9 Å². The third kappa shape index (κ3) is 3.21. The molecule has 2 aromatic carbocycles. The fourth-order valence-corrected chi connectivity index (χ4v) is 6.45. The van der Waals surface area contributed by atoms with Gasteiger partial charge in [-0.25, -0.2) is 13.5 Å². The van der Waals surface area contributed by atoms with E-state index in [1.54, 1.807) is 6.07 Å². The molecule has 0 spiro atoms. The molecule has 7 rings (SSSR count). The van der Waals surface area contributed by atoms with Crippen molar-refractivity contribution in [1.82, 2.24) is 15.1 Å². The summed E-state index contributed by atoms with van der Waals surface area (Å²) >= 11 is 3.43. The maximum absolute atomic E-state index is 14.7. The summed E-state index contributed by atoms with van der Waals surface area (Å²) in [4.78, 5) is 13.3. The summed E-state index contributed by atoms with van der Waals surface area (Å²) in [7, 11) is 0. The number of benzene rings is 2. The van der Waals surface area contributed by atoms with Gasteiger partial charge in [-0.15, -0.1) is 0 Å². The van der Waals surface area contributed by atoms with Crippen molar-refractivity contribution >= 4 is 43.9 Å². The van der Waals surface area contributed by atoms with Crippen molar-refractivity contribution in [2.45, 2.75) is 33.1 Å². The summed E-state index contributed by atoms with van der Waals surface area (Å²) in [5.41, 5.74) is 1.76. The van der Waals surface area contributed by atoms with Crippen LogP contribution in [0.5, 0.6) is 0 Å². The van der Waals surface area contributed by atoms with Crippen LogP contribution in [0.2, 0.25) is 0 Å². The standard InChI is InChI=1S/C26H24BrF2N3O2/c1-26(2)14-4-3-13(18(26)9-14)12-30-25(33)22-24-23(17-7-5-15(27)10-21(17)34-24)32(31-22)20-8-6-16(28)11-19(20)29/h5-8,10-11,13-14,18H,3-4,9,12H2,1-2H3,(H,30,33). The third-order valence-electron chi connectivity index (χ3n) is 8.13. The molecule has 8 heteroatoms. The summed E-state index contributed by atoms with van der Waals surface area (Å²) in [6.07, 6.45) is 3.54. The van der Waals surface area contributed by atoms with E-state index < -0.39 is 11.6 Å². The van der Waals surface area contributed by atoms with Crippen LogP contribution in [0, 0.1) is 34.8 Å².